The summed E-state index contributed by atoms with van der Waals surface area (Å²) in [4.78, 5) is 17.6. The number of anilines is 3. The fourth-order valence-corrected chi connectivity index (χ4v) is 5.92. The van der Waals surface area contributed by atoms with Crippen LogP contribution in [0.15, 0.2) is 70.5 Å². The molecule has 12 heteroatoms. The summed E-state index contributed by atoms with van der Waals surface area (Å²) in [5.74, 6) is -0.897. The van der Waals surface area contributed by atoms with Gasteiger partial charge in [-0.05, 0) is 88.6 Å². The van der Waals surface area contributed by atoms with E-state index in [1.54, 1.807) is 19.2 Å². The Hall–Kier alpha value is -4.00. The molecule has 0 saturated heterocycles. The fourth-order valence-electron chi connectivity index (χ4n) is 4.60. The second-order valence-electron chi connectivity index (χ2n) is 10.5. The highest BCUT2D eigenvalue weighted by atomic mass is 32.2. The number of carbonyl (C=O) groups excluding carboxylic acids is 1. The van der Waals surface area contributed by atoms with Gasteiger partial charge in [0, 0.05) is 43.5 Å². The zero-order valence-corrected chi connectivity index (χ0v) is 25.3. The highest BCUT2D eigenvalue weighted by Gasteiger charge is 2.22. The van der Waals surface area contributed by atoms with Crippen LogP contribution in [0.1, 0.15) is 23.7 Å². The number of aromatic nitrogens is 2. The molecule has 0 fully saturated rings. The fraction of sp³-hybridized carbons (Fsp3) is 0.333. The molecule has 0 aliphatic heterocycles. The van der Waals surface area contributed by atoms with E-state index < -0.39 is 21.6 Å². The number of H-pyrrole nitrogens is 1. The van der Waals surface area contributed by atoms with E-state index in [9.17, 15) is 17.6 Å². The molecule has 1 heterocycles. The summed E-state index contributed by atoms with van der Waals surface area (Å²) in [6, 6.07) is 14.7. The molecular formula is C30H37FN6O4S. The third-order valence-corrected chi connectivity index (χ3v) is 8.54. The van der Waals surface area contributed by atoms with Gasteiger partial charge in [0.05, 0.1) is 27.5 Å². The predicted octanol–water partition coefficient (Wildman–Crippen LogP) is 4.62. The third kappa shape index (κ3) is 7.25. The van der Waals surface area contributed by atoms with Gasteiger partial charge in [-0.25, -0.2) is 12.8 Å². The second-order valence-corrected chi connectivity index (χ2v) is 12.5. The molecule has 1 aromatic heterocycles. The molecule has 0 saturated carbocycles. The lowest BCUT2D eigenvalue weighted by atomic mass is 10.1. The number of hydrogen-bond donors (Lipinski definition) is 3. The summed E-state index contributed by atoms with van der Waals surface area (Å²) in [6.07, 6.45) is 0.984. The van der Waals surface area contributed by atoms with E-state index in [0.29, 0.717) is 28.8 Å². The van der Waals surface area contributed by atoms with Crippen molar-refractivity contribution in [3.05, 3.63) is 72.0 Å². The zero-order valence-electron chi connectivity index (χ0n) is 24.4. The minimum absolute atomic E-state index is 0.0464. The molecule has 42 heavy (non-hydrogen) atoms. The molecule has 0 bridgehead atoms. The normalized spacial score (nSPS) is 12.5. The number of ether oxygens (including phenoxy) is 1. The second kappa shape index (κ2) is 13.3. The van der Waals surface area contributed by atoms with Crippen molar-refractivity contribution in [2.75, 3.05) is 63.5 Å². The Labute approximate surface area is 245 Å². The molecule has 3 N–H and O–H groups in total. The van der Waals surface area contributed by atoms with E-state index >= 15 is 0 Å². The smallest absolute Gasteiger partial charge is 0.258 e. The third-order valence-electron chi connectivity index (χ3n) is 6.79. The average molecular weight is 597 g/mol. The van der Waals surface area contributed by atoms with E-state index in [4.69, 9.17) is 4.74 Å². The molecule has 224 valence electrons. The quantitative estimate of drug-likeness (QED) is 0.205. The maximum Gasteiger partial charge on any atom is 0.258 e. The minimum Gasteiger partial charge on any atom is -0.383 e. The first-order valence-corrected chi connectivity index (χ1v) is 15.0. The number of halogens is 1. The lowest BCUT2D eigenvalue weighted by molar-refractivity contribution is 0.102. The maximum absolute atomic E-state index is 13.7. The predicted molar refractivity (Wildman–Crippen MR) is 164 cm³/mol. The first-order chi connectivity index (χ1) is 20.0. The largest absolute Gasteiger partial charge is 0.383 e. The monoisotopic (exact) mass is 596 g/mol. The summed E-state index contributed by atoms with van der Waals surface area (Å²) in [5.41, 5.74) is 2.51. The van der Waals surface area contributed by atoms with Gasteiger partial charge >= 0.3 is 0 Å². The number of sulfone groups is 1. The van der Waals surface area contributed by atoms with E-state index in [1.165, 1.54) is 30.3 Å². The van der Waals surface area contributed by atoms with Crippen LogP contribution >= 0.6 is 0 Å². The van der Waals surface area contributed by atoms with Crippen LogP contribution in [-0.2, 0) is 14.6 Å². The van der Waals surface area contributed by atoms with Crippen LogP contribution in [0, 0.1) is 5.82 Å². The first kappa shape index (κ1) is 30.9. The van der Waals surface area contributed by atoms with Crippen molar-refractivity contribution in [3.63, 3.8) is 0 Å². The number of rotatable bonds is 13. The molecule has 0 radical (unpaired) electrons. The molecule has 4 aromatic rings. The van der Waals surface area contributed by atoms with Crippen molar-refractivity contribution in [1.29, 1.82) is 0 Å². The molecule has 0 aliphatic carbocycles. The van der Waals surface area contributed by atoms with Gasteiger partial charge in [-0.1, -0.05) is 6.07 Å². The summed E-state index contributed by atoms with van der Waals surface area (Å²) in [7, 11) is 3.71. The van der Waals surface area contributed by atoms with Crippen LogP contribution in [0.5, 0.6) is 0 Å². The van der Waals surface area contributed by atoms with Crippen LogP contribution in [-0.4, -0.2) is 83.4 Å². The molecule has 1 amide bonds. The summed E-state index contributed by atoms with van der Waals surface area (Å²) in [5, 5.41) is 13.6. The zero-order chi connectivity index (χ0) is 30.4. The topological polar surface area (TPSA) is 120 Å². The molecule has 4 rings (SSSR count). The Bertz CT molecular complexity index is 1660. The van der Waals surface area contributed by atoms with Crippen molar-refractivity contribution < 1.29 is 22.3 Å². The van der Waals surface area contributed by atoms with Gasteiger partial charge in [-0.15, -0.1) is 0 Å². The Morgan fingerprint density at radius 2 is 1.81 bits per heavy atom. The highest BCUT2D eigenvalue weighted by Crippen LogP contribution is 2.30. The van der Waals surface area contributed by atoms with Crippen LogP contribution < -0.4 is 15.5 Å². The van der Waals surface area contributed by atoms with Crippen molar-refractivity contribution in [2.24, 2.45) is 0 Å². The van der Waals surface area contributed by atoms with Crippen molar-refractivity contribution in [2.45, 2.75) is 29.2 Å². The number of hydrogen-bond acceptors (Lipinski definition) is 8. The Morgan fingerprint density at radius 1 is 1.05 bits per heavy atom. The SMILES string of the molecule is COC[C@H](C)Nc1cc(N(C)CCCN(C)C)ccc1C(=O)Nc1n[nH]c2ccc(S(=O)(=O)c3cccc(F)c3)cc12. The number of aromatic amines is 1. The lowest BCUT2D eigenvalue weighted by Gasteiger charge is -2.23. The van der Waals surface area contributed by atoms with Crippen molar-refractivity contribution in [1.82, 2.24) is 15.1 Å². The average Bonchev–Trinajstić information content (AvgIpc) is 3.34. The number of fused-ring (bicyclic) bond motifs is 1. The van der Waals surface area contributed by atoms with Gasteiger partial charge in [0.2, 0.25) is 9.84 Å². The van der Waals surface area contributed by atoms with E-state index in [1.807, 2.05) is 40.2 Å². The van der Waals surface area contributed by atoms with Gasteiger partial charge < -0.3 is 25.2 Å². The van der Waals surface area contributed by atoms with Crippen LogP contribution in [0.25, 0.3) is 10.9 Å². The van der Waals surface area contributed by atoms with Gasteiger partial charge in [0.15, 0.2) is 5.82 Å². The van der Waals surface area contributed by atoms with Crippen LogP contribution in [0.3, 0.4) is 0 Å². The van der Waals surface area contributed by atoms with Gasteiger partial charge in [-0.2, -0.15) is 5.10 Å². The maximum atomic E-state index is 13.7. The van der Waals surface area contributed by atoms with Crippen LogP contribution in [0.2, 0.25) is 0 Å². The van der Waals surface area contributed by atoms with E-state index in [2.05, 4.69) is 30.6 Å². The van der Waals surface area contributed by atoms with Crippen molar-refractivity contribution in [3.8, 4) is 0 Å². The molecule has 0 unspecified atom stereocenters. The van der Waals surface area contributed by atoms with Gasteiger partial charge in [-0.3, -0.25) is 9.89 Å². The van der Waals surface area contributed by atoms with E-state index in [0.717, 1.165) is 31.3 Å². The number of amides is 1. The molecule has 10 nitrogen and oxygen atoms in total. The summed E-state index contributed by atoms with van der Waals surface area (Å²) in [6.45, 7) is 4.21. The number of benzene rings is 3. The Balaban J connectivity index is 1.63. The number of methoxy groups -OCH3 is 1. The first-order valence-electron chi connectivity index (χ1n) is 13.5. The molecule has 0 aliphatic rings. The summed E-state index contributed by atoms with van der Waals surface area (Å²) < 4.78 is 45.4. The molecule has 0 spiro atoms. The Kier molecular flexibility index (Phi) is 9.81. The molecule has 1 atom stereocenters. The minimum atomic E-state index is -4.00. The Morgan fingerprint density at radius 3 is 2.52 bits per heavy atom. The van der Waals surface area contributed by atoms with Crippen molar-refractivity contribution >= 4 is 43.8 Å². The number of carbonyl (C=O) groups is 1. The highest BCUT2D eigenvalue weighted by molar-refractivity contribution is 7.91. The molecular weight excluding hydrogens is 559 g/mol. The lowest BCUT2D eigenvalue weighted by Crippen LogP contribution is -2.25. The number of nitrogens with one attached hydrogen (secondary N) is 3. The van der Waals surface area contributed by atoms with Crippen LogP contribution in [0.4, 0.5) is 21.6 Å². The van der Waals surface area contributed by atoms with Gasteiger partial charge in [0.25, 0.3) is 5.91 Å². The molecule has 3 aromatic carbocycles. The summed E-state index contributed by atoms with van der Waals surface area (Å²) >= 11 is 0. The standard InChI is InChI=1S/C30H37FN6O4S/c1-20(19-41-5)32-28-17-22(37(4)15-7-14-36(2)3)10-12-25(28)30(38)33-29-26-18-24(11-13-27(26)34-35-29)42(39,40)23-9-6-8-21(31)16-23/h6,8-13,16-18,20,32H,7,14-15,19H2,1-5H3,(H2,33,34,35,38)/t20-/m0/s1. The number of nitrogens with zero attached hydrogens (tertiary/aromatic N) is 3. The van der Waals surface area contributed by atoms with Gasteiger partial charge in [0.1, 0.15) is 5.82 Å². The van der Waals surface area contributed by atoms with E-state index in [-0.39, 0.29) is 21.7 Å².